The molecule has 4 amide bonds. The van der Waals surface area contributed by atoms with Gasteiger partial charge in [0.25, 0.3) is 23.6 Å². The predicted molar refractivity (Wildman–Crippen MR) is 278 cm³/mol. The van der Waals surface area contributed by atoms with Gasteiger partial charge < -0.3 is 26.4 Å². The van der Waals surface area contributed by atoms with Gasteiger partial charge in [0.1, 0.15) is 5.75 Å². The van der Waals surface area contributed by atoms with Gasteiger partial charge in [-0.15, -0.1) is 0 Å². The highest BCUT2D eigenvalue weighted by molar-refractivity contribution is 6.11. The van der Waals surface area contributed by atoms with Crippen LogP contribution < -0.4 is 21.3 Å². The maximum Gasteiger partial charge on any atom is 0.255 e. The zero-order valence-electron chi connectivity index (χ0n) is 41.3. The number of benzene rings is 6. The Balaban J connectivity index is 1.15. The molecule has 10 heterocycles. The number of carbonyl (C=O) groups excluding carboxylic acids is 4. The maximum atomic E-state index is 14.1. The van der Waals surface area contributed by atoms with E-state index in [1.165, 1.54) is 40.5 Å². The zero-order chi connectivity index (χ0) is 48.9. The van der Waals surface area contributed by atoms with Crippen LogP contribution in [0.25, 0.3) is 0 Å². The lowest BCUT2D eigenvalue weighted by Gasteiger charge is -2.40. The van der Waals surface area contributed by atoms with Gasteiger partial charge in [-0.2, -0.15) is 0 Å². The molecule has 2 aliphatic carbocycles. The van der Waals surface area contributed by atoms with Crippen molar-refractivity contribution in [2.75, 3.05) is 21.3 Å². The summed E-state index contributed by atoms with van der Waals surface area (Å²) >= 11 is 0. The maximum absolute atomic E-state index is 14.1. The molecule has 2 saturated carbocycles. The van der Waals surface area contributed by atoms with Gasteiger partial charge in [-0.05, 0) is 184 Å². The molecule has 2 fully saturated rings. The van der Waals surface area contributed by atoms with Crippen LogP contribution in [0.15, 0.2) is 91.0 Å². The molecule has 5 N–H and O–H groups in total. The van der Waals surface area contributed by atoms with Crippen LogP contribution in [0, 0.1) is 55.4 Å². The normalized spacial score (nSPS) is 17.0. The van der Waals surface area contributed by atoms with Crippen molar-refractivity contribution in [1.29, 1.82) is 0 Å². The highest BCUT2D eigenvalue weighted by Crippen LogP contribution is 2.49. The van der Waals surface area contributed by atoms with Crippen LogP contribution >= 0.6 is 0 Å². The largest absolute Gasteiger partial charge is 0.508 e. The van der Waals surface area contributed by atoms with E-state index in [9.17, 15) is 24.3 Å². The van der Waals surface area contributed by atoms with E-state index < -0.39 is 11.8 Å². The highest BCUT2D eigenvalue weighted by atomic mass is 16.3. The van der Waals surface area contributed by atoms with E-state index in [4.69, 9.17) is 0 Å². The summed E-state index contributed by atoms with van der Waals surface area (Å²) in [6, 6.07) is 28.8. The second-order valence-corrected chi connectivity index (χ2v) is 20.4. The van der Waals surface area contributed by atoms with E-state index in [1.807, 2.05) is 55.4 Å². The first-order valence-corrected chi connectivity index (χ1v) is 24.6. The Kier molecular flexibility index (Phi) is 12.6. The fourth-order valence-electron chi connectivity index (χ4n) is 12.0. The molecule has 6 aromatic carbocycles. The summed E-state index contributed by atoms with van der Waals surface area (Å²) in [6.07, 6.45) is 10.4. The predicted octanol–water partition coefficient (Wildman–Crippen LogP) is 13.7. The van der Waals surface area contributed by atoms with E-state index in [1.54, 1.807) is 24.3 Å². The van der Waals surface area contributed by atoms with Crippen LogP contribution in [-0.2, 0) is 10.8 Å². The third-order valence-corrected chi connectivity index (χ3v) is 15.5. The number of carbonyl (C=O) groups is 4. The molecular formula is C60H64N4O5. The van der Waals surface area contributed by atoms with Crippen molar-refractivity contribution in [3.05, 3.63) is 180 Å². The van der Waals surface area contributed by atoms with Gasteiger partial charge in [-0.3, -0.25) is 19.2 Å². The Bertz CT molecular complexity index is 2810. The fourth-order valence-corrected chi connectivity index (χ4v) is 12.0. The minimum atomic E-state index is -0.428. The number of hydrogen-bond donors (Lipinski definition) is 5. The lowest BCUT2D eigenvalue weighted by atomic mass is 9.64. The summed E-state index contributed by atoms with van der Waals surface area (Å²) in [5.74, 6) is -1.62. The third kappa shape index (κ3) is 8.84. The van der Waals surface area contributed by atoms with Gasteiger partial charge in [-0.25, -0.2) is 0 Å². The molecule has 12 bridgehead atoms. The van der Waals surface area contributed by atoms with Crippen LogP contribution in [-0.4, -0.2) is 28.7 Å². The summed E-state index contributed by atoms with van der Waals surface area (Å²) in [6.45, 7) is 16.2. The van der Waals surface area contributed by atoms with E-state index in [-0.39, 0.29) is 39.5 Å². The first-order valence-electron chi connectivity index (χ1n) is 24.6. The molecule has 0 saturated heterocycles. The van der Waals surface area contributed by atoms with E-state index in [2.05, 4.69) is 69.8 Å². The number of phenols is 1. The summed E-state index contributed by atoms with van der Waals surface area (Å²) in [5.41, 5.74) is 15.6. The van der Waals surface area contributed by atoms with Crippen molar-refractivity contribution in [3.63, 3.8) is 0 Å². The number of anilines is 4. The van der Waals surface area contributed by atoms with Crippen LogP contribution in [0.1, 0.15) is 172 Å². The molecule has 0 radical (unpaired) electrons. The summed E-state index contributed by atoms with van der Waals surface area (Å²) in [5, 5.41) is 23.6. The van der Waals surface area contributed by atoms with Crippen LogP contribution in [0.2, 0.25) is 0 Å². The molecular weight excluding hydrogens is 857 g/mol. The molecule has 0 unspecified atom stereocenters. The summed E-state index contributed by atoms with van der Waals surface area (Å²) in [4.78, 5) is 56.3. The Morgan fingerprint density at radius 3 is 0.870 bits per heavy atom. The number of nitrogens with one attached hydrogen (secondary N) is 4. The Labute approximate surface area is 406 Å². The van der Waals surface area contributed by atoms with Crippen LogP contribution in [0.4, 0.5) is 22.7 Å². The molecule has 18 rings (SSSR count). The molecule has 2 spiro atoms. The molecule has 9 heteroatoms. The minimum absolute atomic E-state index is 0.169. The second-order valence-electron chi connectivity index (χ2n) is 20.4. The first-order chi connectivity index (χ1) is 33.0. The molecule has 9 nitrogen and oxygen atoms in total. The first kappa shape index (κ1) is 47.1. The number of amides is 4. The highest BCUT2D eigenvalue weighted by Gasteiger charge is 2.39. The quantitative estimate of drug-likeness (QED) is 0.103. The average Bonchev–Trinajstić information content (AvgIpc) is 3.33. The van der Waals surface area contributed by atoms with Crippen molar-refractivity contribution >= 4 is 46.4 Å². The number of aryl methyl sites for hydroxylation is 8. The number of rotatable bonds is 0. The topological polar surface area (TPSA) is 137 Å². The van der Waals surface area contributed by atoms with Gasteiger partial charge in [0.15, 0.2) is 0 Å². The van der Waals surface area contributed by atoms with Crippen molar-refractivity contribution in [2.45, 2.75) is 130 Å². The number of hydrogen-bond acceptors (Lipinski definition) is 5. The Hall–Kier alpha value is -7.00. The molecule has 69 heavy (non-hydrogen) atoms. The van der Waals surface area contributed by atoms with Crippen molar-refractivity contribution in [3.8, 4) is 5.75 Å². The Morgan fingerprint density at radius 2 is 0.594 bits per heavy atom. The minimum Gasteiger partial charge on any atom is -0.508 e. The van der Waals surface area contributed by atoms with Crippen molar-refractivity contribution in [1.82, 2.24) is 0 Å². The third-order valence-electron chi connectivity index (χ3n) is 15.5. The van der Waals surface area contributed by atoms with Crippen molar-refractivity contribution in [2.24, 2.45) is 0 Å². The monoisotopic (exact) mass is 920 g/mol. The molecule has 0 aromatic heterocycles. The average molecular weight is 921 g/mol. The lowest BCUT2D eigenvalue weighted by Crippen LogP contribution is -2.31. The molecule has 0 atom stereocenters. The lowest BCUT2D eigenvalue weighted by molar-refractivity contribution is 0.101. The molecule has 10 aliphatic heterocycles. The van der Waals surface area contributed by atoms with E-state index in [0.29, 0.717) is 22.5 Å². The second kappa shape index (κ2) is 18.5. The van der Waals surface area contributed by atoms with Crippen LogP contribution in [0.5, 0.6) is 5.75 Å². The smallest absolute Gasteiger partial charge is 0.255 e. The standard InChI is InChI=1S/C60H64N4O5/c1-34-22-46-23-35(2)51(34)61-55(66)42-16-15-17-43(30-42)56(67)62-52-36(3)24-47(25-37(52)4)60(20-13-10-14-21-60)49-28-40(7)54(41(8)29-49)64-58(69)45-31-44(32-50(65)33-45)57(68)63-53-38(5)26-48(27-39(53)6)59(46)18-11-9-12-19-59/h15-17,22-33,65H,9-14,18-21H2,1-8H3,(H,61,66)(H,62,67)(H,63,68)(H,64,69). The zero-order valence-corrected chi connectivity index (χ0v) is 41.3. The van der Waals surface area contributed by atoms with Crippen molar-refractivity contribution < 1.29 is 24.3 Å². The molecule has 6 aromatic rings. The summed E-state index contributed by atoms with van der Waals surface area (Å²) < 4.78 is 0. The number of aromatic hydroxyl groups is 1. The van der Waals surface area contributed by atoms with Crippen LogP contribution in [0.3, 0.4) is 0 Å². The van der Waals surface area contributed by atoms with Gasteiger partial charge in [0.2, 0.25) is 0 Å². The number of phenolic OH excluding ortho intramolecular Hbond substituents is 1. The van der Waals surface area contributed by atoms with Gasteiger partial charge in [-0.1, -0.05) is 93.1 Å². The molecule has 12 aliphatic rings. The van der Waals surface area contributed by atoms with E-state index >= 15 is 0 Å². The molecule has 354 valence electrons. The SMILES string of the molecule is Cc1cc2cc(C)c1NC(=O)c1cccc(c1)C(=O)Nc1c(C)cc(cc1C)C1(CCCCC1)c1cc(C)c(c(C)c1)NC(=O)c1cc(O)cc(c1)C(=O)Nc1c(C)cc(cc1C)C21CCCCC1. The Morgan fingerprint density at radius 1 is 0.348 bits per heavy atom. The van der Waals surface area contributed by atoms with Gasteiger partial charge >= 0.3 is 0 Å². The van der Waals surface area contributed by atoms with E-state index in [0.717, 1.165) is 120 Å². The van der Waals surface area contributed by atoms with Gasteiger partial charge in [0.05, 0.1) is 0 Å². The van der Waals surface area contributed by atoms with Gasteiger partial charge in [0, 0.05) is 55.8 Å². The summed E-state index contributed by atoms with van der Waals surface area (Å²) in [7, 11) is 0. The fraction of sp³-hybridized carbons (Fsp3) is 0.333.